The minimum absolute atomic E-state index is 0.900. The lowest BCUT2D eigenvalue weighted by molar-refractivity contribution is 0.415. The van der Waals surface area contributed by atoms with Gasteiger partial charge >= 0.3 is 0 Å². The molecule has 0 radical (unpaired) electrons. The van der Waals surface area contributed by atoms with Crippen LogP contribution < -0.4 is 4.74 Å². The zero-order chi connectivity index (χ0) is 17.8. The van der Waals surface area contributed by atoms with Crippen molar-refractivity contribution < 1.29 is 4.74 Å². The molecule has 0 N–H and O–H groups in total. The molecule has 0 aliphatic rings. The van der Waals surface area contributed by atoms with E-state index < -0.39 is 0 Å². The van der Waals surface area contributed by atoms with Crippen molar-refractivity contribution in [2.45, 2.75) is 13.8 Å². The van der Waals surface area contributed by atoms with Gasteiger partial charge < -0.3 is 4.74 Å². The number of fused-ring (bicyclic) bond motifs is 6. The highest BCUT2D eigenvalue weighted by Crippen LogP contribution is 2.39. The van der Waals surface area contributed by atoms with E-state index in [-0.39, 0.29) is 0 Å². The highest BCUT2D eigenvalue weighted by Gasteiger charge is 2.13. The van der Waals surface area contributed by atoms with Crippen molar-refractivity contribution in [2.75, 3.05) is 7.11 Å². The fraction of sp³-hybridized carbons (Fsp3) is 0.120. The average Bonchev–Trinajstić information content (AvgIpc) is 2.70. The molecule has 0 bridgehead atoms. The highest BCUT2D eigenvalue weighted by atomic mass is 16.5. The number of benzene rings is 5. The Morgan fingerprint density at radius 3 is 1.92 bits per heavy atom. The van der Waals surface area contributed by atoms with Gasteiger partial charge in [-0.1, -0.05) is 54.6 Å². The third-order valence-electron chi connectivity index (χ3n) is 5.71. The third kappa shape index (κ3) is 1.97. The molecule has 0 saturated heterocycles. The van der Waals surface area contributed by atoms with Crippen LogP contribution in [0.3, 0.4) is 0 Å². The van der Waals surface area contributed by atoms with E-state index in [4.69, 9.17) is 4.74 Å². The Kier molecular flexibility index (Phi) is 3.20. The van der Waals surface area contributed by atoms with Gasteiger partial charge in [-0.25, -0.2) is 0 Å². The Morgan fingerprint density at radius 2 is 1.19 bits per heavy atom. The van der Waals surface area contributed by atoms with Crippen LogP contribution in [0.4, 0.5) is 0 Å². The summed E-state index contributed by atoms with van der Waals surface area (Å²) in [4.78, 5) is 0. The molecular formula is C25H20O. The van der Waals surface area contributed by atoms with Gasteiger partial charge in [-0.15, -0.1) is 0 Å². The quantitative estimate of drug-likeness (QED) is 0.238. The zero-order valence-electron chi connectivity index (χ0n) is 15.3. The van der Waals surface area contributed by atoms with E-state index in [9.17, 15) is 0 Å². The second kappa shape index (κ2) is 5.47. The summed E-state index contributed by atoms with van der Waals surface area (Å²) in [7, 11) is 1.72. The molecule has 0 unspecified atom stereocenters. The summed E-state index contributed by atoms with van der Waals surface area (Å²) in [5, 5.41) is 10.5. The lowest BCUT2D eigenvalue weighted by Crippen LogP contribution is -1.91. The van der Waals surface area contributed by atoms with Crippen LogP contribution in [-0.2, 0) is 0 Å². The van der Waals surface area contributed by atoms with Gasteiger partial charge in [0.1, 0.15) is 5.75 Å². The smallest absolute Gasteiger partial charge is 0.119 e. The standard InChI is InChI=1S/C25H20O/c1-15-20-11-8-17-6-4-5-7-22(17)24(20)16(2)25-21(15)12-9-18-14-19(26-3)10-13-23(18)25/h4-14H,1-3H3. The maximum atomic E-state index is 5.42. The molecule has 0 aromatic heterocycles. The minimum atomic E-state index is 0.900. The number of ether oxygens (including phenoxy) is 1. The minimum Gasteiger partial charge on any atom is -0.497 e. The van der Waals surface area contributed by atoms with Gasteiger partial charge in [0, 0.05) is 0 Å². The zero-order valence-corrected chi connectivity index (χ0v) is 15.3. The van der Waals surface area contributed by atoms with Gasteiger partial charge in [0.25, 0.3) is 0 Å². The van der Waals surface area contributed by atoms with Crippen LogP contribution in [0, 0.1) is 13.8 Å². The highest BCUT2D eigenvalue weighted by molar-refractivity contribution is 6.21. The van der Waals surface area contributed by atoms with Gasteiger partial charge in [0.05, 0.1) is 7.11 Å². The molecule has 0 saturated carbocycles. The Bertz CT molecular complexity index is 1330. The number of methoxy groups -OCH3 is 1. The normalized spacial score (nSPS) is 11.7. The summed E-state index contributed by atoms with van der Waals surface area (Å²) in [6.07, 6.45) is 0. The van der Waals surface area contributed by atoms with E-state index in [1.165, 1.54) is 54.2 Å². The number of hydrogen-bond acceptors (Lipinski definition) is 1. The second-order valence-electron chi connectivity index (χ2n) is 7.03. The maximum absolute atomic E-state index is 5.42. The maximum Gasteiger partial charge on any atom is 0.119 e. The SMILES string of the molecule is COc1ccc2c(ccc3c(C)c4ccc5ccccc5c4c(C)c32)c1. The van der Waals surface area contributed by atoms with Crippen molar-refractivity contribution in [3.63, 3.8) is 0 Å². The van der Waals surface area contributed by atoms with Gasteiger partial charge in [0.15, 0.2) is 0 Å². The molecule has 5 aromatic carbocycles. The molecule has 1 heteroatoms. The monoisotopic (exact) mass is 336 g/mol. The molecule has 1 nitrogen and oxygen atoms in total. The molecule has 0 heterocycles. The van der Waals surface area contributed by atoms with E-state index in [0.29, 0.717) is 0 Å². The molecule has 0 aliphatic heterocycles. The lowest BCUT2D eigenvalue weighted by atomic mass is 9.88. The van der Waals surface area contributed by atoms with Gasteiger partial charge in [-0.05, 0) is 80.2 Å². The molecule has 0 amide bonds. The van der Waals surface area contributed by atoms with Gasteiger partial charge in [0.2, 0.25) is 0 Å². The van der Waals surface area contributed by atoms with Crippen LogP contribution in [0.2, 0.25) is 0 Å². The van der Waals surface area contributed by atoms with Gasteiger partial charge in [-0.3, -0.25) is 0 Å². The van der Waals surface area contributed by atoms with Crippen molar-refractivity contribution in [3.05, 3.63) is 77.9 Å². The van der Waals surface area contributed by atoms with Crippen molar-refractivity contribution >= 4 is 43.1 Å². The Hall–Kier alpha value is -3.06. The summed E-state index contributed by atoms with van der Waals surface area (Å²) in [6.45, 7) is 4.51. The topological polar surface area (TPSA) is 9.23 Å². The Labute approximate surface area is 152 Å². The summed E-state index contributed by atoms with van der Waals surface area (Å²) in [5.74, 6) is 0.900. The van der Waals surface area contributed by atoms with Crippen LogP contribution in [-0.4, -0.2) is 7.11 Å². The number of rotatable bonds is 1. The molecule has 5 rings (SSSR count). The van der Waals surface area contributed by atoms with Gasteiger partial charge in [-0.2, -0.15) is 0 Å². The van der Waals surface area contributed by atoms with Crippen molar-refractivity contribution in [1.82, 2.24) is 0 Å². The van der Waals surface area contributed by atoms with Crippen molar-refractivity contribution in [3.8, 4) is 5.75 Å². The van der Waals surface area contributed by atoms with Crippen molar-refractivity contribution in [2.24, 2.45) is 0 Å². The van der Waals surface area contributed by atoms with Crippen LogP contribution in [0.5, 0.6) is 5.75 Å². The Morgan fingerprint density at radius 1 is 0.577 bits per heavy atom. The lowest BCUT2D eigenvalue weighted by Gasteiger charge is -2.16. The van der Waals surface area contributed by atoms with E-state index in [2.05, 4.69) is 80.6 Å². The molecule has 5 aromatic rings. The number of aryl methyl sites for hydroxylation is 2. The van der Waals surface area contributed by atoms with E-state index in [1.807, 2.05) is 0 Å². The summed E-state index contributed by atoms with van der Waals surface area (Å²) in [6, 6.07) is 24.0. The Balaban J connectivity index is 2.07. The summed E-state index contributed by atoms with van der Waals surface area (Å²) in [5.41, 5.74) is 2.71. The molecule has 0 fully saturated rings. The van der Waals surface area contributed by atoms with Crippen LogP contribution in [0.15, 0.2) is 66.7 Å². The first-order valence-electron chi connectivity index (χ1n) is 9.00. The first kappa shape index (κ1) is 15.2. The molecular weight excluding hydrogens is 316 g/mol. The van der Waals surface area contributed by atoms with E-state index in [0.717, 1.165) is 5.75 Å². The fourth-order valence-electron chi connectivity index (χ4n) is 4.41. The fourth-order valence-corrected chi connectivity index (χ4v) is 4.41. The molecule has 26 heavy (non-hydrogen) atoms. The molecule has 126 valence electrons. The van der Waals surface area contributed by atoms with E-state index >= 15 is 0 Å². The van der Waals surface area contributed by atoms with Crippen LogP contribution >= 0.6 is 0 Å². The first-order chi connectivity index (χ1) is 12.7. The third-order valence-corrected chi connectivity index (χ3v) is 5.71. The van der Waals surface area contributed by atoms with Crippen LogP contribution in [0.25, 0.3) is 43.1 Å². The van der Waals surface area contributed by atoms with E-state index in [1.54, 1.807) is 7.11 Å². The van der Waals surface area contributed by atoms with Crippen molar-refractivity contribution in [1.29, 1.82) is 0 Å². The summed E-state index contributed by atoms with van der Waals surface area (Å²) < 4.78 is 5.42. The number of hydrogen-bond donors (Lipinski definition) is 0. The molecule has 0 atom stereocenters. The molecule has 0 aliphatic carbocycles. The predicted molar refractivity (Wildman–Crippen MR) is 112 cm³/mol. The molecule has 0 spiro atoms. The average molecular weight is 336 g/mol. The second-order valence-corrected chi connectivity index (χ2v) is 7.03. The largest absolute Gasteiger partial charge is 0.497 e. The summed E-state index contributed by atoms with van der Waals surface area (Å²) >= 11 is 0. The predicted octanol–water partition coefficient (Wildman–Crippen LogP) is 6.92. The van der Waals surface area contributed by atoms with Crippen LogP contribution in [0.1, 0.15) is 11.1 Å². The first-order valence-corrected chi connectivity index (χ1v) is 9.00.